The molecule has 0 aromatic heterocycles. The topological polar surface area (TPSA) is 40.5 Å². The molecule has 2 nitrogen and oxygen atoms in total. The number of hydrogen-bond acceptors (Lipinski definition) is 4. The molecule has 14 heavy (non-hydrogen) atoms. The van der Waals surface area contributed by atoms with E-state index in [2.05, 4.69) is 0 Å². The molecular weight excluding hydrogens is 216 g/mol. The fraction of sp³-hybridized carbons (Fsp3) is 0.100. The molecule has 0 spiro atoms. The third-order valence-corrected chi connectivity index (χ3v) is 2.76. The number of aliphatic hydroxyl groups is 1. The van der Waals surface area contributed by atoms with Crippen LogP contribution in [-0.2, 0) is 0 Å². The minimum absolute atomic E-state index is 0.115. The van der Waals surface area contributed by atoms with Crippen molar-refractivity contribution in [3.05, 3.63) is 35.9 Å². The Morgan fingerprint density at radius 1 is 1.36 bits per heavy atom. The Hall–Kier alpha value is -1.00. The molecule has 0 heterocycles. The van der Waals surface area contributed by atoms with Gasteiger partial charge < -0.3 is 10.2 Å². The van der Waals surface area contributed by atoms with Gasteiger partial charge in [0, 0.05) is 11.6 Å². The highest BCUT2D eigenvalue weighted by atomic mass is 32.2. The SMILES string of the molecule is CSC(=S)/C=C(\O)c1ccc(O)cc1. The van der Waals surface area contributed by atoms with Crippen LogP contribution in [0, 0.1) is 0 Å². The number of rotatable bonds is 2. The van der Waals surface area contributed by atoms with E-state index in [1.54, 1.807) is 12.1 Å². The molecular formula is C10H10O2S2. The number of benzene rings is 1. The van der Waals surface area contributed by atoms with Gasteiger partial charge in [0.1, 0.15) is 11.5 Å². The maximum atomic E-state index is 9.59. The Labute approximate surface area is 92.3 Å². The van der Waals surface area contributed by atoms with Crippen LogP contribution < -0.4 is 0 Å². The van der Waals surface area contributed by atoms with Crippen molar-refractivity contribution in [2.75, 3.05) is 6.26 Å². The van der Waals surface area contributed by atoms with Crippen LogP contribution in [0.3, 0.4) is 0 Å². The number of aliphatic hydroxyl groups excluding tert-OH is 1. The molecule has 0 unspecified atom stereocenters. The molecule has 0 radical (unpaired) electrons. The molecule has 4 heteroatoms. The molecule has 0 fully saturated rings. The summed E-state index contributed by atoms with van der Waals surface area (Å²) in [6, 6.07) is 6.29. The lowest BCUT2D eigenvalue weighted by molar-refractivity contribution is 0.474. The third-order valence-electron chi connectivity index (χ3n) is 1.62. The highest BCUT2D eigenvalue weighted by Gasteiger charge is 1.99. The van der Waals surface area contributed by atoms with Gasteiger partial charge in [-0.05, 0) is 30.5 Å². The van der Waals surface area contributed by atoms with Gasteiger partial charge >= 0.3 is 0 Å². The van der Waals surface area contributed by atoms with E-state index in [1.807, 2.05) is 6.26 Å². The van der Waals surface area contributed by atoms with Crippen LogP contribution in [0.5, 0.6) is 5.75 Å². The summed E-state index contributed by atoms with van der Waals surface area (Å²) >= 11 is 6.33. The molecule has 2 N–H and O–H groups in total. The Kier molecular flexibility index (Phi) is 3.98. The first kappa shape index (κ1) is 11.1. The molecule has 1 aromatic rings. The van der Waals surface area contributed by atoms with E-state index in [9.17, 15) is 5.11 Å². The second-order valence-corrected chi connectivity index (χ2v) is 4.15. The third kappa shape index (κ3) is 3.05. The van der Waals surface area contributed by atoms with Crippen molar-refractivity contribution in [1.29, 1.82) is 0 Å². The Morgan fingerprint density at radius 3 is 2.43 bits per heavy atom. The summed E-state index contributed by atoms with van der Waals surface area (Å²) in [5.41, 5.74) is 0.638. The van der Waals surface area contributed by atoms with E-state index in [4.69, 9.17) is 17.3 Å². The lowest BCUT2D eigenvalue weighted by atomic mass is 10.2. The minimum Gasteiger partial charge on any atom is -0.508 e. The maximum absolute atomic E-state index is 9.59. The van der Waals surface area contributed by atoms with Gasteiger partial charge in [-0.15, -0.1) is 11.8 Å². The lowest BCUT2D eigenvalue weighted by Gasteiger charge is -2.00. The van der Waals surface area contributed by atoms with E-state index >= 15 is 0 Å². The second kappa shape index (κ2) is 5.02. The van der Waals surface area contributed by atoms with Crippen molar-refractivity contribution in [2.45, 2.75) is 0 Å². The zero-order valence-electron chi connectivity index (χ0n) is 7.60. The summed E-state index contributed by atoms with van der Waals surface area (Å²) in [6.07, 6.45) is 3.37. The van der Waals surface area contributed by atoms with Crippen molar-refractivity contribution in [2.24, 2.45) is 0 Å². The van der Waals surface area contributed by atoms with E-state index in [1.165, 1.54) is 30.0 Å². The molecule has 1 rings (SSSR count). The molecule has 0 atom stereocenters. The normalized spacial score (nSPS) is 11.4. The summed E-state index contributed by atoms with van der Waals surface area (Å²) in [5, 5.41) is 18.6. The largest absolute Gasteiger partial charge is 0.508 e. The van der Waals surface area contributed by atoms with Crippen LogP contribution in [0.4, 0.5) is 0 Å². The van der Waals surface area contributed by atoms with Crippen LogP contribution in [0.2, 0.25) is 0 Å². The van der Waals surface area contributed by atoms with Gasteiger partial charge in [0.15, 0.2) is 0 Å². The van der Waals surface area contributed by atoms with Gasteiger partial charge in [-0.2, -0.15) is 0 Å². The molecule has 0 aliphatic rings. The first-order valence-corrected chi connectivity index (χ1v) is 5.55. The summed E-state index contributed by atoms with van der Waals surface area (Å²) in [6.45, 7) is 0. The van der Waals surface area contributed by atoms with E-state index in [-0.39, 0.29) is 11.5 Å². The monoisotopic (exact) mass is 226 g/mol. The van der Waals surface area contributed by atoms with Crippen molar-refractivity contribution in [3.8, 4) is 5.75 Å². The average Bonchev–Trinajstić information content (AvgIpc) is 2.18. The smallest absolute Gasteiger partial charge is 0.124 e. The lowest BCUT2D eigenvalue weighted by Crippen LogP contribution is -1.86. The first-order chi connectivity index (χ1) is 6.63. The van der Waals surface area contributed by atoms with Gasteiger partial charge in [0.2, 0.25) is 0 Å². The van der Waals surface area contributed by atoms with Crippen LogP contribution in [-0.4, -0.2) is 20.7 Å². The average molecular weight is 226 g/mol. The number of phenols is 1. The van der Waals surface area contributed by atoms with E-state index in [0.717, 1.165) is 0 Å². The molecule has 0 saturated heterocycles. The minimum atomic E-state index is 0.115. The highest BCUT2D eigenvalue weighted by molar-refractivity contribution is 8.23. The number of phenolic OH excluding ortho intramolecular Hbond substituents is 1. The van der Waals surface area contributed by atoms with Gasteiger partial charge in [0.05, 0.1) is 4.20 Å². The Bertz CT molecular complexity index is 355. The molecule has 0 aliphatic carbocycles. The van der Waals surface area contributed by atoms with Gasteiger partial charge in [-0.1, -0.05) is 12.2 Å². The number of thioether (sulfide) groups is 1. The van der Waals surface area contributed by atoms with Crippen LogP contribution in [0.15, 0.2) is 30.3 Å². The molecule has 1 aromatic carbocycles. The standard InChI is InChI=1S/C10H10O2S2/c1-14-10(13)6-9(12)7-2-4-8(11)5-3-7/h2-6,11-12H,1H3/b9-6-. The molecule has 74 valence electrons. The van der Waals surface area contributed by atoms with Gasteiger partial charge in [-0.3, -0.25) is 0 Å². The fourth-order valence-electron chi connectivity index (χ4n) is 0.886. The highest BCUT2D eigenvalue weighted by Crippen LogP contribution is 2.16. The van der Waals surface area contributed by atoms with Gasteiger partial charge in [-0.25, -0.2) is 0 Å². The zero-order chi connectivity index (χ0) is 10.6. The van der Waals surface area contributed by atoms with E-state index < -0.39 is 0 Å². The first-order valence-electron chi connectivity index (χ1n) is 3.91. The summed E-state index contributed by atoms with van der Waals surface area (Å²) in [5.74, 6) is 0.290. The summed E-state index contributed by atoms with van der Waals surface area (Å²) in [4.78, 5) is 0. The number of aromatic hydroxyl groups is 1. The molecule has 0 bridgehead atoms. The zero-order valence-corrected chi connectivity index (χ0v) is 9.23. The Morgan fingerprint density at radius 2 is 1.93 bits per heavy atom. The molecule has 0 saturated carbocycles. The summed E-state index contributed by atoms with van der Waals surface area (Å²) < 4.78 is 0.621. The van der Waals surface area contributed by atoms with Crippen molar-refractivity contribution >= 4 is 33.9 Å². The molecule has 0 aliphatic heterocycles. The van der Waals surface area contributed by atoms with Crippen molar-refractivity contribution < 1.29 is 10.2 Å². The maximum Gasteiger partial charge on any atom is 0.124 e. The Balaban J connectivity index is 2.89. The number of hydrogen-bond donors (Lipinski definition) is 2. The quantitative estimate of drug-likeness (QED) is 0.462. The van der Waals surface area contributed by atoms with Crippen LogP contribution >= 0.6 is 24.0 Å². The van der Waals surface area contributed by atoms with Crippen LogP contribution in [0.25, 0.3) is 5.76 Å². The predicted molar refractivity (Wildman–Crippen MR) is 64.8 cm³/mol. The predicted octanol–water partition coefficient (Wildman–Crippen LogP) is 2.98. The second-order valence-electron chi connectivity index (χ2n) is 2.60. The fourth-order valence-corrected chi connectivity index (χ4v) is 1.23. The summed E-state index contributed by atoms with van der Waals surface area (Å²) in [7, 11) is 0. The van der Waals surface area contributed by atoms with Crippen molar-refractivity contribution in [3.63, 3.8) is 0 Å². The van der Waals surface area contributed by atoms with E-state index in [0.29, 0.717) is 9.76 Å². The van der Waals surface area contributed by atoms with Gasteiger partial charge in [0.25, 0.3) is 0 Å². The molecule has 0 amide bonds. The van der Waals surface area contributed by atoms with Crippen LogP contribution in [0.1, 0.15) is 5.56 Å². The van der Waals surface area contributed by atoms with Crippen molar-refractivity contribution in [1.82, 2.24) is 0 Å². The number of thiocarbonyl (C=S) groups is 1.